The summed E-state index contributed by atoms with van der Waals surface area (Å²) >= 11 is 0. The molecule has 4 unspecified atom stereocenters. The van der Waals surface area contributed by atoms with Crippen molar-refractivity contribution in [3.8, 4) is 0 Å². The van der Waals surface area contributed by atoms with Crippen LogP contribution in [-0.4, -0.2) is 66.8 Å². The molecule has 0 spiro atoms. The van der Waals surface area contributed by atoms with Crippen molar-refractivity contribution in [1.29, 1.82) is 0 Å². The molecular weight excluding hydrogens is 470 g/mol. The molecule has 0 aromatic carbocycles. The zero-order valence-corrected chi connectivity index (χ0v) is 22.1. The number of hydrogen-bond acceptors (Lipinski definition) is 5. The highest BCUT2D eigenvalue weighted by atomic mass is 16.6. The van der Waals surface area contributed by atoms with Gasteiger partial charge in [-0.05, 0) is 54.9 Å². The van der Waals surface area contributed by atoms with Gasteiger partial charge in [0.1, 0.15) is 12.1 Å². The highest BCUT2D eigenvalue weighted by Crippen LogP contribution is 2.43. The maximum atomic E-state index is 11.7. The third-order valence-electron chi connectivity index (χ3n) is 7.05. The molecule has 0 aromatic heterocycles. The Morgan fingerprint density at radius 1 is 1.35 bits per heavy atom. The molecule has 8 heteroatoms. The fourth-order valence-corrected chi connectivity index (χ4v) is 4.96. The third-order valence-corrected chi connectivity index (χ3v) is 7.05. The molecule has 202 valence electrons. The van der Waals surface area contributed by atoms with Crippen LogP contribution in [-0.2, 0) is 14.3 Å². The van der Waals surface area contributed by atoms with Crippen molar-refractivity contribution in [2.75, 3.05) is 26.4 Å². The van der Waals surface area contributed by atoms with Crippen molar-refractivity contribution in [2.45, 2.75) is 58.3 Å². The maximum absolute atomic E-state index is 11.7. The van der Waals surface area contributed by atoms with E-state index >= 15 is 0 Å². The first-order valence-corrected chi connectivity index (χ1v) is 13.0. The molecule has 1 aliphatic heterocycles. The molecule has 3 aliphatic rings. The van der Waals surface area contributed by atoms with Gasteiger partial charge >= 0.3 is 5.97 Å². The molecule has 1 heterocycles. The monoisotopic (exact) mass is 511 g/mol. The van der Waals surface area contributed by atoms with Crippen LogP contribution in [0.2, 0.25) is 0 Å². The minimum absolute atomic E-state index is 0.0207. The van der Waals surface area contributed by atoms with E-state index in [0.717, 1.165) is 23.1 Å². The summed E-state index contributed by atoms with van der Waals surface area (Å²) < 4.78 is 11.7. The third kappa shape index (κ3) is 7.77. The van der Waals surface area contributed by atoms with Crippen LogP contribution >= 0.6 is 0 Å². The molecule has 3 rings (SSSR count). The van der Waals surface area contributed by atoms with Gasteiger partial charge in [-0.1, -0.05) is 62.5 Å². The first kappa shape index (κ1) is 28.6. The van der Waals surface area contributed by atoms with Gasteiger partial charge in [-0.2, -0.15) is 0 Å². The van der Waals surface area contributed by atoms with E-state index in [0.29, 0.717) is 32.7 Å². The smallest absolute Gasteiger partial charge is 0.330 e. The van der Waals surface area contributed by atoms with Crippen LogP contribution in [0.4, 0.5) is 0 Å². The van der Waals surface area contributed by atoms with Crippen LogP contribution in [0.15, 0.2) is 76.4 Å². The summed E-state index contributed by atoms with van der Waals surface area (Å²) in [4.78, 5) is 16.1. The van der Waals surface area contributed by atoms with E-state index in [9.17, 15) is 15.0 Å². The molecule has 1 saturated heterocycles. The first-order chi connectivity index (χ1) is 17.8. The Morgan fingerprint density at radius 3 is 2.73 bits per heavy atom. The van der Waals surface area contributed by atoms with Crippen molar-refractivity contribution >= 4 is 11.9 Å². The van der Waals surface area contributed by atoms with Gasteiger partial charge in [0.05, 0.1) is 32.5 Å². The highest BCUT2D eigenvalue weighted by molar-refractivity contribution is 5.86. The predicted molar refractivity (Wildman–Crippen MR) is 146 cm³/mol. The molecule has 8 nitrogen and oxygen atoms in total. The zero-order chi connectivity index (χ0) is 26.8. The first-order valence-electron chi connectivity index (χ1n) is 13.0. The maximum Gasteiger partial charge on any atom is 0.330 e. The molecule has 0 amide bonds. The SMILES string of the molecule is C/C=C/C(=C\C(NC(N)=NC/C=C1/C(C2COCCO2)=CC(C2(C)C=CCC=C2)CC1O)C(=O)O)CC. The Kier molecular flexibility index (Phi) is 10.5. The lowest BCUT2D eigenvalue weighted by molar-refractivity contribution is -0.137. The van der Waals surface area contributed by atoms with Gasteiger partial charge in [-0.15, -0.1) is 0 Å². The van der Waals surface area contributed by atoms with E-state index in [1.807, 2.05) is 32.1 Å². The molecule has 0 saturated carbocycles. The number of carboxylic acids is 1. The summed E-state index contributed by atoms with van der Waals surface area (Å²) in [5, 5.41) is 23.6. The average molecular weight is 512 g/mol. The van der Waals surface area contributed by atoms with Crippen LogP contribution in [0.25, 0.3) is 0 Å². The van der Waals surface area contributed by atoms with E-state index < -0.39 is 18.1 Å². The minimum Gasteiger partial charge on any atom is -0.479 e. The Bertz CT molecular complexity index is 1000. The number of nitrogens with one attached hydrogen (secondary N) is 1. The molecule has 1 fully saturated rings. The highest BCUT2D eigenvalue weighted by Gasteiger charge is 2.38. The predicted octanol–water partition coefficient (Wildman–Crippen LogP) is 3.43. The van der Waals surface area contributed by atoms with Gasteiger partial charge in [-0.3, -0.25) is 0 Å². The number of ether oxygens (including phenoxy) is 2. The molecule has 0 bridgehead atoms. The summed E-state index contributed by atoms with van der Waals surface area (Å²) in [6.07, 6.45) is 19.4. The fourth-order valence-electron chi connectivity index (χ4n) is 4.96. The summed E-state index contributed by atoms with van der Waals surface area (Å²) in [6, 6.07) is -0.996. The second-order valence-electron chi connectivity index (χ2n) is 9.76. The van der Waals surface area contributed by atoms with Crippen LogP contribution in [0.1, 0.15) is 40.0 Å². The second kappa shape index (κ2) is 13.6. The molecule has 2 aliphatic carbocycles. The van der Waals surface area contributed by atoms with Crippen LogP contribution < -0.4 is 11.1 Å². The number of nitrogens with two attached hydrogens (primary N) is 1. The second-order valence-corrected chi connectivity index (χ2v) is 9.76. The van der Waals surface area contributed by atoms with E-state index in [1.54, 1.807) is 6.08 Å². The van der Waals surface area contributed by atoms with Gasteiger partial charge in [0.25, 0.3) is 0 Å². The summed E-state index contributed by atoms with van der Waals surface area (Å²) in [7, 11) is 0. The minimum atomic E-state index is -1.04. The Labute approximate surface area is 220 Å². The summed E-state index contributed by atoms with van der Waals surface area (Å²) in [6.45, 7) is 7.69. The number of aliphatic hydroxyl groups excluding tert-OH is 1. The Hall–Kier alpha value is -2.94. The van der Waals surface area contributed by atoms with Crippen molar-refractivity contribution in [3.63, 3.8) is 0 Å². The van der Waals surface area contributed by atoms with E-state index in [1.165, 1.54) is 0 Å². The van der Waals surface area contributed by atoms with E-state index in [-0.39, 0.29) is 29.9 Å². The van der Waals surface area contributed by atoms with Gasteiger partial charge in [0.15, 0.2) is 5.96 Å². The number of carboxylic acid groups (broad SMARTS) is 1. The topological polar surface area (TPSA) is 126 Å². The lowest BCUT2D eigenvalue weighted by atomic mass is 9.67. The van der Waals surface area contributed by atoms with Crippen molar-refractivity contribution in [2.24, 2.45) is 22.1 Å². The van der Waals surface area contributed by atoms with Gasteiger partial charge < -0.3 is 30.7 Å². The molecule has 5 N–H and O–H groups in total. The quantitative estimate of drug-likeness (QED) is 0.162. The van der Waals surface area contributed by atoms with E-state index in [2.05, 4.69) is 47.6 Å². The van der Waals surface area contributed by atoms with Crippen LogP contribution in [0.3, 0.4) is 0 Å². The van der Waals surface area contributed by atoms with Gasteiger partial charge in [0.2, 0.25) is 0 Å². The van der Waals surface area contributed by atoms with Crippen molar-refractivity contribution in [3.05, 3.63) is 71.4 Å². The number of guanidine groups is 1. The molecule has 4 atom stereocenters. The number of rotatable bonds is 9. The number of carbonyl (C=O) groups is 1. The Balaban J connectivity index is 1.81. The number of aliphatic imine (C=N–C) groups is 1. The normalized spacial score (nSPS) is 28.4. The Morgan fingerprint density at radius 2 is 2.11 bits per heavy atom. The van der Waals surface area contributed by atoms with Crippen LogP contribution in [0, 0.1) is 11.3 Å². The van der Waals surface area contributed by atoms with Crippen LogP contribution in [0.5, 0.6) is 0 Å². The standard InChI is InChI=1S/C29H41N3O5/c1-4-9-20(5-2)16-24(27(34)35)32-28(30)31-13-10-22-23(26-19-36-14-15-37-26)17-21(18-25(22)33)29(3)11-7-6-8-12-29/h4,7-12,16-17,21,24-26,33H,5-6,13-15,18-19H2,1-3H3,(H,34,35)(H3,30,31,32)/b9-4+,20-16-,22-10-. The van der Waals surface area contributed by atoms with Crippen molar-refractivity contribution < 1.29 is 24.5 Å². The number of aliphatic hydroxyl groups is 1. The molecule has 37 heavy (non-hydrogen) atoms. The number of nitrogens with zero attached hydrogens (tertiary/aromatic N) is 1. The largest absolute Gasteiger partial charge is 0.479 e. The summed E-state index contributed by atoms with van der Waals surface area (Å²) in [5.74, 6) is -0.914. The van der Waals surface area contributed by atoms with Gasteiger partial charge in [0, 0.05) is 5.41 Å². The zero-order valence-electron chi connectivity index (χ0n) is 22.1. The average Bonchev–Trinajstić information content (AvgIpc) is 2.89. The number of allylic oxidation sites excluding steroid dienone is 8. The molecule has 0 aromatic rings. The van der Waals surface area contributed by atoms with E-state index in [4.69, 9.17) is 15.2 Å². The lowest BCUT2D eigenvalue weighted by Crippen LogP contribution is -2.43. The van der Waals surface area contributed by atoms with Gasteiger partial charge in [-0.25, -0.2) is 9.79 Å². The molecular formula is C29H41N3O5. The number of aliphatic carboxylic acids is 1. The lowest BCUT2D eigenvalue weighted by Gasteiger charge is -2.40. The summed E-state index contributed by atoms with van der Waals surface area (Å²) in [5.41, 5.74) is 8.42. The molecule has 0 radical (unpaired) electrons. The van der Waals surface area contributed by atoms with Crippen molar-refractivity contribution in [1.82, 2.24) is 5.32 Å². The number of hydrogen-bond donors (Lipinski definition) is 4. The fraction of sp³-hybridized carbons (Fsp3) is 0.517.